The standard InChI is InChI=1S/C19H26N4O3/c1-14-15(12-21-23(14)2)11-20-19(24)22-16-6-8-17(9-7-16)26-13-18-5-3-4-10-25-18/h6-9,12,18H,3-5,10-11,13H2,1-2H3,(H2,20,22,24)/t18-/m1/s1. The van der Waals surface area contributed by atoms with Crippen molar-refractivity contribution in [3.8, 4) is 5.75 Å². The quantitative estimate of drug-likeness (QED) is 0.832. The molecule has 0 aliphatic carbocycles. The second-order valence-corrected chi connectivity index (χ2v) is 6.51. The summed E-state index contributed by atoms with van der Waals surface area (Å²) in [5.74, 6) is 0.774. The fraction of sp³-hybridized carbons (Fsp3) is 0.474. The molecule has 2 heterocycles. The number of anilines is 1. The second kappa shape index (κ2) is 8.71. The molecule has 26 heavy (non-hydrogen) atoms. The summed E-state index contributed by atoms with van der Waals surface area (Å²) in [6, 6.07) is 7.10. The summed E-state index contributed by atoms with van der Waals surface area (Å²) in [6.07, 6.45) is 5.33. The van der Waals surface area contributed by atoms with Crippen molar-refractivity contribution in [3.63, 3.8) is 0 Å². The average Bonchev–Trinajstić information content (AvgIpc) is 2.99. The maximum Gasteiger partial charge on any atom is 0.319 e. The summed E-state index contributed by atoms with van der Waals surface area (Å²) in [7, 11) is 1.88. The third-order valence-corrected chi connectivity index (χ3v) is 4.60. The number of hydrogen-bond acceptors (Lipinski definition) is 4. The summed E-state index contributed by atoms with van der Waals surface area (Å²) < 4.78 is 13.2. The van der Waals surface area contributed by atoms with E-state index in [1.54, 1.807) is 10.9 Å². The third kappa shape index (κ3) is 4.98. The number of aromatic nitrogens is 2. The molecule has 1 aliphatic rings. The van der Waals surface area contributed by atoms with E-state index in [2.05, 4.69) is 15.7 Å². The Morgan fingerprint density at radius 3 is 2.81 bits per heavy atom. The van der Waals surface area contributed by atoms with E-state index >= 15 is 0 Å². The van der Waals surface area contributed by atoms with Crippen LogP contribution < -0.4 is 15.4 Å². The summed E-state index contributed by atoms with van der Waals surface area (Å²) in [6.45, 7) is 3.80. The predicted molar refractivity (Wildman–Crippen MR) is 99.3 cm³/mol. The largest absolute Gasteiger partial charge is 0.491 e. The Labute approximate surface area is 153 Å². The van der Waals surface area contributed by atoms with E-state index in [1.165, 1.54) is 6.42 Å². The average molecular weight is 358 g/mol. The highest BCUT2D eigenvalue weighted by molar-refractivity contribution is 5.89. The van der Waals surface area contributed by atoms with Gasteiger partial charge in [0.2, 0.25) is 0 Å². The van der Waals surface area contributed by atoms with Gasteiger partial charge in [0.1, 0.15) is 12.4 Å². The van der Waals surface area contributed by atoms with Crippen LogP contribution in [0.15, 0.2) is 30.5 Å². The molecular formula is C19H26N4O3. The Balaban J connectivity index is 1.43. The van der Waals surface area contributed by atoms with Gasteiger partial charge in [0.15, 0.2) is 0 Å². The number of hydrogen-bond donors (Lipinski definition) is 2. The molecule has 1 atom stereocenters. The van der Waals surface area contributed by atoms with E-state index < -0.39 is 0 Å². The zero-order valence-corrected chi connectivity index (χ0v) is 15.3. The number of rotatable bonds is 6. The number of benzene rings is 1. The van der Waals surface area contributed by atoms with Crippen LogP contribution in [0, 0.1) is 6.92 Å². The Bertz CT molecular complexity index is 721. The first-order chi connectivity index (χ1) is 12.6. The van der Waals surface area contributed by atoms with Gasteiger partial charge in [-0.25, -0.2) is 4.79 Å². The van der Waals surface area contributed by atoms with Crippen LogP contribution in [-0.4, -0.2) is 35.1 Å². The minimum Gasteiger partial charge on any atom is -0.491 e. The van der Waals surface area contributed by atoms with E-state index in [0.29, 0.717) is 18.8 Å². The van der Waals surface area contributed by atoms with Crippen LogP contribution >= 0.6 is 0 Å². The van der Waals surface area contributed by atoms with Gasteiger partial charge in [-0.15, -0.1) is 0 Å². The Kier molecular flexibility index (Phi) is 6.12. The SMILES string of the molecule is Cc1c(CNC(=O)Nc2ccc(OC[C@H]3CCCCO3)cc2)cnn1C. The van der Waals surface area contributed by atoms with Crippen LogP contribution in [0.1, 0.15) is 30.5 Å². The summed E-state index contributed by atoms with van der Waals surface area (Å²) >= 11 is 0. The van der Waals surface area contributed by atoms with E-state index in [1.807, 2.05) is 38.2 Å². The van der Waals surface area contributed by atoms with E-state index in [4.69, 9.17) is 9.47 Å². The first-order valence-corrected chi connectivity index (χ1v) is 8.98. The maximum absolute atomic E-state index is 12.0. The zero-order chi connectivity index (χ0) is 18.4. The van der Waals surface area contributed by atoms with Crippen LogP contribution in [0.25, 0.3) is 0 Å². The van der Waals surface area contributed by atoms with Crippen molar-refractivity contribution in [1.82, 2.24) is 15.1 Å². The number of ether oxygens (including phenoxy) is 2. The number of amides is 2. The zero-order valence-electron chi connectivity index (χ0n) is 15.3. The fourth-order valence-electron chi connectivity index (χ4n) is 2.83. The van der Waals surface area contributed by atoms with E-state index in [9.17, 15) is 4.79 Å². The van der Waals surface area contributed by atoms with Crippen molar-refractivity contribution in [2.75, 3.05) is 18.5 Å². The Morgan fingerprint density at radius 2 is 2.15 bits per heavy atom. The van der Waals surface area contributed by atoms with Gasteiger partial charge in [0.25, 0.3) is 0 Å². The number of carbonyl (C=O) groups is 1. The predicted octanol–water partition coefficient (Wildman–Crippen LogP) is 3.00. The highest BCUT2D eigenvalue weighted by atomic mass is 16.5. The smallest absolute Gasteiger partial charge is 0.319 e. The van der Waals surface area contributed by atoms with Crippen LogP contribution in [0.4, 0.5) is 10.5 Å². The van der Waals surface area contributed by atoms with E-state index in [0.717, 1.165) is 36.5 Å². The first kappa shape index (κ1) is 18.3. The molecule has 0 spiro atoms. The van der Waals surface area contributed by atoms with E-state index in [-0.39, 0.29) is 12.1 Å². The third-order valence-electron chi connectivity index (χ3n) is 4.60. The van der Waals surface area contributed by atoms with Gasteiger partial charge in [-0.2, -0.15) is 5.10 Å². The summed E-state index contributed by atoms with van der Waals surface area (Å²) in [5, 5.41) is 9.81. The van der Waals surface area contributed by atoms with Gasteiger partial charge in [0, 0.05) is 37.1 Å². The number of urea groups is 1. The molecule has 1 aromatic heterocycles. The number of carbonyl (C=O) groups excluding carboxylic acids is 1. The molecule has 2 aromatic rings. The van der Waals surface area contributed by atoms with Crippen LogP contribution in [0.2, 0.25) is 0 Å². The minimum absolute atomic E-state index is 0.184. The molecule has 1 aliphatic heterocycles. The molecule has 0 unspecified atom stereocenters. The molecule has 1 aromatic carbocycles. The van der Waals surface area contributed by atoms with Gasteiger partial charge in [-0.3, -0.25) is 4.68 Å². The first-order valence-electron chi connectivity index (χ1n) is 8.98. The molecule has 1 saturated heterocycles. The molecule has 0 bridgehead atoms. The number of nitrogens with zero attached hydrogens (tertiary/aromatic N) is 2. The van der Waals surface area contributed by atoms with Crippen molar-refractivity contribution in [3.05, 3.63) is 41.7 Å². The van der Waals surface area contributed by atoms with Gasteiger partial charge in [-0.05, 0) is 50.5 Å². The van der Waals surface area contributed by atoms with Gasteiger partial charge >= 0.3 is 6.03 Å². The van der Waals surface area contributed by atoms with Gasteiger partial charge < -0.3 is 20.1 Å². The Morgan fingerprint density at radius 1 is 1.35 bits per heavy atom. The number of nitrogens with one attached hydrogen (secondary N) is 2. The molecule has 2 N–H and O–H groups in total. The lowest BCUT2D eigenvalue weighted by Gasteiger charge is -2.22. The molecule has 140 valence electrons. The lowest BCUT2D eigenvalue weighted by molar-refractivity contribution is -0.0110. The summed E-state index contributed by atoms with van der Waals surface area (Å²) in [4.78, 5) is 12.0. The van der Waals surface area contributed by atoms with Crippen LogP contribution in [0.3, 0.4) is 0 Å². The molecule has 2 amide bonds. The molecule has 1 fully saturated rings. The molecule has 3 rings (SSSR count). The molecular weight excluding hydrogens is 332 g/mol. The fourth-order valence-corrected chi connectivity index (χ4v) is 2.83. The molecule has 0 radical (unpaired) electrons. The highest BCUT2D eigenvalue weighted by Crippen LogP contribution is 2.18. The molecule has 0 saturated carbocycles. The van der Waals surface area contributed by atoms with Gasteiger partial charge in [-0.1, -0.05) is 0 Å². The maximum atomic E-state index is 12.0. The second-order valence-electron chi connectivity index (χ2n) is 6.51. The molecule has 7 heteroatoms. The van der Waals surface area contributed by atoms with Gasteiger partial charge in [0.05, 0.1) is 12.3 Å². The van der Waals surface area contributed by atoms with Crippen molar-refractivity contribution in [2.45, 2.75) is 38.8 Å². The monoisotopic (exact) mass is 358 g/mol. The highest BCUT2D eigenvalue weighted by Gasteiger charge is 2.14. The van der Waals surface area contributed by atoms with Crippen molar-refractivity contribution in [2.24, 2.45) is 7.05 Å². The lowest BCUT2D eigenvalue weighted by Crippen LogP contribution is -2.28. The Hall–Kier alpha value is -2.54. The van der Waals surface area contributed by atoms with Crippen LogP contribution in [0.5, 0.6) is 5.75 Å². The topological polar surface area (TPSA) is 77.4 Å². The van der Waals surface area contributed by atoms with Crippen molar-refractivity contribution < 1.29 is 14.3 Å². The lowest BCUT2D eigenvalue weighted by atomic mass is 10.1. The molecule has 7 nitrogen and oxygen atoms in total. The van der Waals surface area contributed by atoms with Crippen LogP contribution in [-0.2, 0) is 18.3 Å². The van der Waals surface area contributed by atoms with Crippen molar-refractivity contribution >= 4 is 11.7 Å². The minimum atomic E-state index is -0.252. The normalized spacial score (nSPS) is 16.9. The summed E-state index contributed by atoms with van der Waals surface area (Å²) in [5.41, 5.74) is 2.75. The van der Waals surface area contributed by atoms with Crippen molar-refractivity contribution in [1.29, 1.82) is 0 Å². The number of aryl methyl sites for hydroxylation is 1.